The summed E-state index contributed by atoms with van der Waals surface area (Å²) in [5.74, 6) is 0. The molecule has 0 saturated heterocycles. The number of fused-ring (bicyclic) bond motifs is 1. The van der Waals surface area contributed by atoms with Crippen molar-refractivity contribution < 1.29 is 0 Å². The Bertz CT molecular complexity index is 540. The molecule has 17 heavy (non-hydrogen) atoms. The molecule has 2 aromatic carbocycles. The third-order valence-electron chi connectivity index (χ3n) is 3.61. The van der Waals surface area contributed by atoms with Crippen LogP contribution in [0.4, 0.5) is 0 Å². The van der Waals surface area contributed by atoms with Crippen LogP contribution in [0.15, 0.2) is 42.5 Å². The minimum atomic E-state index is 0.367. The predicted molar refractivity (Wildman–Crippen MR) is 71.0 cm³/mol. The Morgan fingerprint density at radius 3 is 2.53 bits per heavy atom. The van der Waals surface area contributed by atoms with Gasteiger partial charge in [-0.05, 0) is 36.1 Å². The van der Waals surface area contributed by atoms with Crippen LogP contribution in [0.5, 0.6) is 0 Å². The first kappa shape index (κ1) is 10.5. The second-order valence-corrected chi connectivity index (χ2v) is 4.87. The van der Waals surface area contributed by atoms with Gasteiger partial charge in [-0.2, -0.15) is 0 Å². The second-order valence-electron chi connectivity index (χ2n) is 4.87. The molecular formula is C16H17N. The first-order valence-electron chi connectivity index (χ1n) is 6.14. The minimum Gasteiger partial charge on any atom is -0.302 e. The second kappa shape index (κ2) is 4.01. The van der Waals surface area contributed by atoms with Crippen LogP contribution in [0.25, 0.3) is 0 Å². The van der Waals surface area contributed by atoms with Gasteiger partial charge in [-0.1, -0.05) is 48.0 Å². The zero-order chi connectivity index (χ0) is 11.8. The number of rotatable bonds is 1. The number of hydrogen-bond donors (Lipinski definition) is 1. The molecule has 86 valence electrons. The van der Waals surface area contributed by atoms with Gasteiger partial charge in [-0.25, -0.2) is 0 Å². The van der Waals surface area contributed by atoms with Gasteiger partial charge in [0, 0.05) is 6.54 Å². The Morgan fingerprint density at radius 1 is 1.00 bits per heavy atom. The fourth-order valence-electron chi connectivity index (χ4n) is 2.67. The molecule has 2 aromatic rings. The summed E-state index contributed by atoms with van der Waals surface area (Å²) in [6.07, 6.45) is 0. The van der Waals surface area contributed by atoms with Crippen molar-refractivity contribution in [1.29, 1.82) is 0 Å². The summed E-state index contributed by atoms with van der Waals surface area (Å²) in [5.41, 5.74) is 6.98. The fraction of sp³-hybridized carbons (Fsp3) is 0.250. The Labute approximate surface area is 102 Å². The SMILES string of the molecule is Cc1ccc(C2NCc3cccc(C)c32)cc1. The third kappa shape index (κ3) is 1.77. The third-order valence-corrected chi connectivity index (χ3v) is 3.61. The van der Waals surface area contributed by atoms with Crippen LogP contribution in [0.3, 0.4) is 0 Å². The smallest absolute Gasteiger partial charge is 0.0585 e. The van der Waals surface area contributed by atoms with Gasteiger partial charge in [0.2, 0.25) is 0 Å². The van der Waals surface area contributed by atoms with Crippen molar-refractivity contribution in [2.45, 2.75) is 26.4 Å². The predicted octanol–water partition coefficient (Wildman–Crippen LogP) is 3.50. The van der Waals surface area contributed by atoms with E-state index in [0.29, 0.717) is 6.04 Å². The zero-order valence-electron chi connectivity index (χ0n) is 10.3. The Balaban J connectivity index is 2.06. The van der Waals surface area contributed by atoms with E-state index < -0.39 is 0 Å². The number of benzene rings is 2. The molecule has 1 nitrogen and oxygen atoms in total. The molecule has 0 fully saturated rings. The summed E-state index contributed by atoms with van der Waals surface area (Å²) >= 11 is 0. The van der Waals surface area contributed by atoms with E-state index in [1.807, 2.05) is 0 Å². The monoisotopic (exact) mass is 223 g/mol. The van der Waals surface area contributed by atoms with Crippen molar-refractivity contribution in [3.8, 4) is 0 Å². The lowest BCUT2D eigenvalue weighted by molar-refractivity contribution is 0.665. The number of aryl methyl sites for hydroxylation is 2. The fourth-order valence-corrected chi connectivity index (χ4v) is 2.67. The first-order chi connectivity index (χ1) is 8.25. The van der Waals surface area contributed by atoms with Gasteiger partial charge in [0.25, 0.3) is 0 Å². The normalized spacial score (nSPS) is 18.1. The Hall–Kier alpha value is -1.60. The molecule has 0 saturated carbocycles. The van der Waals surface area contributed by atoms with Crippen molar-refractivity contribution >= 4 is 0 Å². The molecule has 1 unspecified atom stereocenters. The maximum atomic E-state index is 3.60. The van der Waals surface area contributed by atoms with E-state index in [4.69, 9.17) is 0 Å². The highest BCUT2D eigenvalue weighted by molar-refractivity contribution is 5.45. The van der Waals surface area contributed by atoms with Crippen LogP contribution in [-0.2, 0) is 6.54 Å². The molecule has 1 heterocycles. The molecule has 0 amide bonds. The van der Waals surface area contributed by atoms with E-state index >= 15 is 0 Å². The maximum Gasteiger partial charge on any atom is 0.0585 e. The summed E-state index contributed by atoms with van der Waals surface area (Å²) in [4.78, 5) is 0. The van der Waals surface area contributed by atoms with Gasteiger partial charge in [0.1, 0.15) is 0 Å². The van der Waals surface area contributed by atoms with Gasteiger partial charge in [-0.3, -0.25) is 0 Å². The van der Waals surface area contributed by atoms with E-state index in [0.717, 1.165) is 6.54 Å². The molecule has 0 aliphatic carbocycles. The van der Waals surface area contributed by atoms with Gasteiger partial charge >= 0.3 is 0 Å². The molecule has 0 radical (unpaired) electrons. The first-order valence-corrected chi connectivity index (χ1v) is 6.14. The Kier molecular flexibility index (Phi) is 2.49. The van der Waals surface area contributed by atoms with Crippen molar-refractivity contribution in [3.05, 3.63) is 70.3 Å². The average molecular weight is 223 g/mol. The molecule has 1 aliphatic rings. The highest BCUT2D eigenvalue weighted by Gasteiger charge is 2.24. The quantitative estimate of drug-likeness (QED) is 0.780. The summed E-state index contributed by atoms with van der Waals surface area (Å²) in [5, 5.41) is 3.60. The summed E-state index contributed by atoms with van der Waals surface area (Å²) in [6.45, 7) is 5.31. The molecule has 1 heteroatoms. The van der Waals surface area contributed by atoms with Crippen LogP contribution >= 0.6 is 0 Å². The summed E-state index contributed by atoms with van der Waals surface area (Å²) < 4.78 is 0. The highest BCUT2D eigenvalue weighted by Crippen LogP contribution is 2.33. The maximum absolute atomic E-state index is 3.60. The largest absolute Gasteiger partial charge is 0.302 e. The van der Waals surface area contributed by atoms with Crippen molar-refractivity contribution in [1.82, 2.24) is 5.32 Å². The van der Waals surface area contributed by atoms with Crippen LogP contribution in [0, 0.1) is 13.8 Å². The molecule has 0 aromatic heterocycles. The van der Waals surface area contributed by atoms with E-state index in [2.05, 4.69) is 61.6 Å². The average Bonchev–Trinajstić information content (AvgIpc) is 2.75. The zero-order valence-corrected chi connectivity index (χ0v) is 10.3. The van der Waals surface area contributed by atoms with Crippen molar-refractivity contribution in [2.75, 3.05) is 0 Å². The topological polar surface area (TPSA) is 12.0 Å². The van der Waals surface area contributed by atoms with E-state index in [1.165, 1.54) is 27.8 Å². The van der Waals surface area contributed by atoms with Gasteiger partial charge < -0.3 is 5.32 Å². The standard InChI is InChI=1S/C16H17N/c1-11-6-8-13(9-7-11)16-15-12(2)4-3-5-14(15)10-17-16/h3-9,16-17H,10H2,1-2H3. The summed E-state index contributed by atoms with van der Waals surface area (Å²) in [7, 11) is 0. The lowest BCUT2D eigenvalue weighted by atomic mass is 9.94. The lowest BCUT2D eigenvalue weighted by Gasteiger charge is -2.15. The lowest BCUT2D eigenvalue weighted by Crippen LogP contribution is -2.13. The molecule has 0 bridgehead atoms. The minimum absolute atomic E-state index is 0.367. The van der Waals surface area contributed by atoms with E-state index in [9.17, 15) is 0 Å². The summed E-state index contributed by atoms with van der Waals surface area (Å²) in [6, 6.07) is 15.8. The molecular weight excluding hydrogens is 206 g/mol. The van der Waals surface area contributed by atoms with Crippen LogP contribution in [0.1, 0.15) is 33.9 Å². The molecule has 3 rings (SSSR count). The molecule has 1 N–H and O–H groups in total. The van der Waals surface area contributed by atoms with Crippen LogP contribution in [0.2, 0.25) is 0 Å². The molecule has 1 aliphatic heterocycles. The van der Waals surface area contributed by atoms with Crippen LogP contribution in [-0.4, -0.2) is 0 Å². The van der Waals surface area contributed by atoms with E-state index in [-0.39, 0.29) is 0 Å². The Morgan fingerprint density at radius 2 is 1.76 bits per heavy atom. The molecule has 0 spiro atoms. The number of nitrogens with one attached hydrogen (secondary N) is 1. The van der Waals surface area contributed by atoms with Gasteiger partial charge in [0.05, 0.1) is 6.04 Å². The number of hydrogen-bond acceptors (Lipinski definition) is 1. The van der Waals surface area contributed by atoms with Gasteiger partial charge in [-0.15, -0.1) is 0 Å². The van der Waals surface area contributed by atoms with E-state index in [1.54, 1.807) is 0 Å². The van der Waals surface area contributed by atoms with Crippen LogP contribution < -0.4 is 5.32 Å². The highest BCUT2D eigenvalue weighted by atomic mass is 14.9. The molecule has 1 atom stereocenters. The van der Waals surface area contributed by atoms with Crippen molar-refractivity contribution in [3.63, 3.8) is 0 Å². The van der Waals surface area contributed by atoms with Gasteiger partial charge in [0.15, 0.2) is 0 Å². The van der Waals surface area contributed by atoms with Crippen molar-refractivity contribution in [2.24, 2.45) is 0 Å².